The lowest BCUT2D eigenvalue weighted by Gasteiger charge is -2.18. The topological polar surface area (TPSA) is 31.6 Å². The number of aryl methyl sites for hydroxylation is 1. The van der Waals surface area contributed by atoms with Gasteiger partial charge in [-0.05, 0) is 46.2 Å². The molecule has 0 atom stereocenters. The van der Waals surface area contributed by atoms with Crippen molar-refractivity contribution in [1.82, 2.24) is 0 Å². The van der Waals surface area contributed by atoms with Crippen LogP contribution in [0, 0.1) is 6.92 Å². The third-order valence-corrected chi connectivity index (χ3v) is 3.27. The second kappa shape index (κ2) is 4.29. The smallest absolute Gasteiger partial charge is 0.276 e. The maximum Gasteiger partial charge on any atom is 0.276 e. The molecule has 0 saturated heterocycles. The number of hydrogen-bond acceptors (Lipinski definition) is 3. The zero-order valence-electron chi connectivity index (χ0n) is 11.3. The van der Waals surface area contributed by atoms with Crippen LogP contribution in [0.2, 0.25) is 39.3 Å². The zero-order chi connectivity index (χ0) is 12.6. The van der Waals surface area contributed by atoms with Crippen molar-refractivity contribution in [3.63, 3.8) is 0 Å². The molecule has 0 aliphatic heterocycles. The van der Waals surface area contributed by atoms with E-state index in [1.165, 1.54) is 0 Å². The molecule has 0 N–H and O–H groups in total. The quantitative estimate of drug-likeness (QED) is 0.765. The lowest BCUT2D eigenvalue weighted by atomic mass is 10.4. The Labute approximate surface area is 100 Å². The van der Waals surface area contributed by atoms with Crippen LogP contribution < -0.4 is 8.85 Å². The summed E-state index contributed by atoms with van der Waals surface area (Å²) >= 11 is 0. The molecule has 5 heteroatoms. The molecule has 0 aromatic carbocycles. The van der Waals surface area contributed by atoms with Gasteiger partial charge in [0.15, 0.2) is 0 Å². The SMILES string of the molecule is Cc1cc(O[Si](C)(C)C)oc1O[Si](C)(C)C. The van der Waals surface area contributed by atoms with E-state index in [4.69, 9.17) is 13.3 Å². The summed E-state index contributed by atoms with van der Waals surface area (Å²) in [5, 5.41) is 0. The lowest BCUT2D eigenvalue weighted by Crippen LogP contribution is -2.29. The number of rotatable bonds is 4. The molecule has 0 saturated carbocycles. The molecule has 0 amide bonds. The molecule has 0 aliphatic carbocycles. The van der Waals surface area contributed by atoms with Crippen LogP contribution in [-0.4, -0.2) is 16.6 Å². The molecule has 0 unspecified atom stereocenters. The Morgan fingerprint density at radius 1 is 0.938 bits per heavy atom. The number of hydrogen-bond donors (Lipinski definition) is 0. The van der Waals surface area contributed by atoms with E-state index in [2.05, 4.69) is 39.3 Å². The van der Waals surface area contributed by atoms with E-state index in [9.17, 15) is 0 Å². The summed E-state index contributed by atoms with van der Waals surface area (Å²) in [7, 11) is -3.22. The summed E-state index contributed by atoms with van der Waals surface area (Å²) in [4.78, 5) is 0. The van der Waals surface area contributed by atoms with Crippen LogP contribution in [0.4, 0.5) is 0 Å². The van der Waals surface area contributed by atoms with E-state index in [1.807, 2.05) is 13.0 Å². The normalized spacial score (nSPS) is 12.7. The van der Waals surface area contributed by atoms with Gasteiger partial charge in [0.1, 0.15) is 0 Å². The molecule has 3 nitrogen and oxygen atoms in total. The van der Waals surface area contributed by atoms with Crippen molar-refractivity contribution < 1.29 is 13.3 Å². The molecule has 0 bridgehead atoms. The molecular weight excluding hydrogens is 236 g/mol. The first-order valence-electron chi connectivity index (χ1n) is 5.55. The van der Waals surface area contributed by atoms with Crippen LogP contribution in [-0.2, 0) is 0 Å². The Hall–Kier alpha value is -0.686. The molecule has 1 aromatic rings. The second-order valence-electron chi connectivity index (χ2n) is 5.96. The standard InChI is InChI=1S/C11H22O3Si2/c1-9-8-10(13-15(2,3)4)12-11(9)14-16(5,6)7/h8H,1-7H3. The van der Waals surface area contributed by atoms with Gasteiger partial charge < -0.3 is 13.3 Å². The Bertz CT molecular complexity index is 358. The lowest BCUT2D eigenvalue weighted by molar-refractivity contribution is 0.320. The predicted octanol–water partition coefficient (Wildman–Crippen LogP) is 4.02. The highest BCUT2D eigenvalue weighted by Crippen LogP contribution is 2.31. The molecule has 92 valence electrons. The average molecular weight is 258 g/mol. The Morgan fingerprint density at radius 2 is 1.44 bits per heavy atom. The number of furan rings is 1. The third-order valence-electron chi connectivity index (χ3n) is 1.66. The van der Waals surface area contributed by atoms with Crippen molar-refractivity contribution in [2.45, 2.75) is 46.2 Å². The molecule has 0 spiro atoms. The van der Waals surface area contributed by atoms with Crippen LogP contribution in [0.5, 0.6) is 11.9 Å². The van der Waals surface area contributed by atoms with Gasteiger partial charge in [-0.15, -0.1) is 0 Å². The first-order chi connectivity index (χ1) is 7.07. The van der Waals surface area contributed by atoms with Crippen molar-refractivity contribution in [3.8, 4) is 11.9 Å². The zero-order valence-corrected chi connectivity index (χ0v) is 13.3. The van der Waals surface area contributed by atoms with Gasteiger partial charge in [0, 0.05) is 11.6 Å². The summed E-state index contributed by atoms with van der Waals surface area (Å²) in [5.74, 6) is 1.21. The predicted molar refractivity (Wildman–Crippen MR) is 71.4 cm³/mol. The van der Waals surface area contributed by atoms with Gasteiger partial charge in [0.25, 0.3) is 11.9 Å². The summed E-state index contributed by atoms with van der Waals surface area (Å²) in [6, 6.07) is 1.91. The van der Waals surface area contributed by atoms with Crippen molar-refractivity contribution >= 4 is 16.6 Å². The summed E-state index contributed by atoms with van der Waals surface area (Å²) in [5.41, 5.74) is 1.01. The van der Waals surface area contributed by atoms with E-state index in [0.29, 0.717) is 11.9 Å². The largest absolute Gasteiger partial charge is 0.519 e. The molecule has 16 heavy (non-hydrogen) atoms. The molecule has 1 heterocycles. The van der Waals surface area contributed by atoms with Crippen molar-refractivity contribution in [1.29, 1.82) is 0 Å². The molecule has 1 aromatic heterocycles. The summed E-state index contributed by atoms with van der Waals surface area (Å²) in [6.45, 7) is 14.8. The minimum Gasteiger partial charge on any atom is -0.519 e. The van der Waals surface area contributed by atoms with E-state index in [1.54, 1.807) is 0 Å². The highest BCUT2D eigenvalue weighted by molar-refractivity contribution is 6.70. The maximum absolute atomic E-state index is 5.84. The minimum absolute atomic E-state index is 0.588. The molecule has 1 rings (SSSR count). The van der Waals surface area contributed by atoms with Gasteiger partial charge >= 0.3 is 0 Å². The molecule has 0 radical (unpaired) electrons. The second-order valence-corrected chi connectivity index (χ2v) is 14.8. The molecule has 0 fully saturated rings. The van der Waals surface area contributed by atoms with Crippen molar-refractivity contribution in [2.75, 3.05) is 0 Å². The Balaban J connectivity index is 2.82. The first kappa shape index (κ1) is 13.4. The van der Waals surface area contributed by atoms with Gasteiger partial charge in [-0.1, -0.05) is 0 Å². The maximum atomic E-state index is 5.84. The Kier molecular flexibility index (Phi) is 3.59. The van der Waals surface area contributed by atoms with Crippen molar-refractivity contribution in [2.24, 2.45) is 0 Å². The van der Waals surface area contributed by atoms with Crippen LogP contribution in [0.1, 0.15) is 5.56 Å². The highest BCUT2D eigenvalue weighted by Gasteiger charge is 2.23. The van der Waals surface area contributed by atoms with Crippen LogP contribution in [0.25, 0.3) is 0 Å². The van der Waals surface area contributed by atoms with Crippen LogP contribution in [0.3, 0.4) is 0 Å². The van der Waals surface area contributed by atoms with Crippen molar-refractivity contribution in [3.05, 3.63) is 11.6 Å². The van der Waals surface area contributed by atoms with E-state index in [-0.39, 0.29) is 0 Å². The van der Waals surface area contributed by atoms with Crippen LogP contribution >= 0.6 is 0 Å². The fourth-order valence-electron chi connectivity index (χ4n) is 1.17. The van der Waals surface area contributed by atoms with Gasteiger partial charge in [-0.3, -0.25) is 0 Å². The van der Waals surface area contributed by atoms with Crippen LogP contribution in [0.15, 0.2) is 10.5 Å². The fraction of sp³-hybridized carbons (Fsp3) is 0.636. The van der Waals surface area contributed by atoms with Gasteiger partial charge in [-0.25, -0.2) is 0 Å². The van der Waals surface area contributed by atoms with Gasteiger partial charge in [-0.2, -0.15) is 0 Å². The van der Waals surface area contributed by atoms with Gasteiger partial charge in [0.05, 0.1) is 0 Å². The third kappa shape index (κ3) is 4.44. The van der Waals surface area contributed by atoms with Gasteiger partial charge in [0.2, 0.25) is 16.6 Å². The average Bonchev–Trinajstić information content (AvgIpc) is 2.23. The fourth-order valence-corrected chi connectivity index (χ4v) is 2.63. The first-order valence-corrected chi connectivity index (χ1v) is 12.4. The molecule has 0 aliphatic rings. The Morgan fingerprint density at radius 3 is 1.88 bits per heavy atom. The van der Waals surface area contributed by atoms with E-state index in [0.717, 1.165) is 5.56 Å². The minimum atomic E-state index is -1.61. The monoisotopic (exact) mass is 258 g/mol. The summed E-state index contributed by atoms with van der Waals surface area (Å²) < 4.78 is 17.2. The molecular formula is C11H22O3Si2. The summed E-state index contributed by atoms with van der Waals surface area (Å²) in [6.07, 6.45) is 0. The van der Waals surface area contributed by atoms with E-state index >= 15 is 0 Å². The van der Waals surface area contributed by atoms with E-state index < -0.39 is 16.6 Å². The highest BCUT2D eigenvalue weighted by atomic mass is 28.4.